The Bertz CT molecular complexity index is 1190. The predicted molar refractivity (Wildman–Crippen MR) is 102 cm³/mol. The molecular formula is C21H17FN4O. The Morgan fingerprint density at radius 1 is 1.00 bits per heavy atom. The highest BCUT2D eigenvalue weighted by molar-refractivity contribution is 5.73. The highest BCUT2D eigenvalue weighted by Crippen LogP contribution is 2.23. The molecule has 27 heavy (non-hydrogen) atoms. The molecule has 0 bridgehead atoms. The summed E-state index contributed by atoms with van der Waals surface area (Å²) in [5, 5.41) is 0. The fourth-order valence-electron chi connectivity index (χ4n) is 3.05. The molecule has 0 aliphatic heterocycles. The van der Waals surface area contributed by atoms with Crippen molar-refractivity contribution >= 4 is 11.0 Å². The number of aryl methyl sites for hydroxylation is 1. The van der Waals surface area contributed by atoms with Gasteiger partial charge in [0.25, 0.3) is 5.56 Å². The van der Waals surface area contributed by atoms with Gasteiger partial charge in [-0.3, -0.25) is 19.3 Å². The Balaban J connectivity index is 1.72. The number of rotatable bonds is 4. The average molecular weight is 360 g/mol. The van der Waals surface area contributed by atoms with E-state index in [2.05, 4.69) is 15.0 Å². The van der Waals surface area contributed by atoms with Crippen molar-refractivity contribution < 1.29 is 4.39 Å². The van der Waals surface area contributed by atoms with Crippen molar-refractivity contribution in [2.75, 3.05) is 0 Å². The molecule has 3 aromatic heterocycles. The van der Waals surface area contributed by atoms with Crippen LogP contribution in [0.3, 0.4) is 0 Å². The summed E-state index contributed by atoms with van der Waals surface area (Å²) < 4.78 is 16.3. The predicted octanol–water partition coefficient (Wildman–Crippen LogP) is 3.60. The number of nitrogens with zero attached hydrogens (tertiary/aromatic N) is 4. The van der Waals surface area contributed by atoms with Crippen LogP contribution in [0.1, 0.15) is 18.2 Å². The average Bonchev–Trinajstić information content (AvgIpc) is 2.71. The van der Waals surface area contributed by atoms with Gasteiger partial charge in [-0.2, -0.15) is 0 Å². The van der Waals surface area contributed by atoms with Crippen molar-refractivity contribution in [3.05, 3.63) is 88.6 Å². The van der Waals surface area contributed by atoms with Gasteiger partial charge in [0.2, 0.25) is 0 Å². The van der Waals surface area contributed by atoms with Gasteiger partial charge in [-0.05, 0) is 41.8 Å². The summed E-state index contributed by atoms with van der Waals surface area (Å²) in [6.07, 6.45) is 6.98. The summed E-state index contributed by atoms with van der Waals surface area (Å²) in [5.74, 6) is -0.358. The van der Waals surface area contributed by atoms with Crippen LogP contribution in [0.4, 0.5) is 4.39 Å². The summed E-state index contributed by atoms with van der Waals surface area (Å²) >= 11 is 0. The summed E-state index contributed by atoms with van der Waals surface area (Å²) in [6, 6.07) is 10.6. The van der Waals surface area contributed by atoms with Crippen LogP contribution in [-0.2, 0) is 13.0 Å². The number of hydrogen-bond acceptors (Lipinski definition) is 4. The molecule has 0 fully saturated rings. The van der Waals surface area contributed by atoms with Gasteiger partial charge in [0.15, 0.2) is 0 Å². The first-order valence-electron chi connectivity index (χ1n) is 8.69. The van der Waals surface area contributed by atoms with Crippen LogP contribution in [0, 0.1) is 5.82 Å². The number of fused-ring (bicyclic) bond motifs is 1. The van der Waals surface area contributed by atoms with Gasteiger partial charge < -0.3 is 0 Å². The monoisotopic (exact) mass is 360 g/mol. The second kappa shape index (κ2) is 7.07. The molecule has 0 amide bonds. The zero-order valence-electron chi connectivity index (χ0n) is 14.8. The van der Waals surface area contributed by atoms with Crippen LogP contribution in [0.2, 0.25) is 0 Å². The highest BCUT2D eigenvalue weighted by atomic mass is 19.1. The van der Waals surface area contributed by atoms with Gasteiger partial charge in [0.1, 0.15) is 5.82 Å². The summed E-state index contributed by atoms with van der Waals surface area (Å²) in [5.41, 5.74) is 4.02. The van der Waals surface area contributed by atoms with Crippen LogP contribution < -0.4 is 5.56 Å². The molecule has 6 heteroatoms. The topological polar surface area (TPSA) is 60.7 Å². The van der Waals surface area contributed by atoms with Gasteiger partial charge in [-0.1, -0.05) is 19.1 Å². The van der Waals surface area contributed by atoms with Gasteiger partial charge in [-0.25, -0.2) is 9.37 Å². The first kappa shape index (κ1) is 17.0. The molecule has 4 aromatic rings. The molecule has 0 radical (unpaired) electrons. The lowest BCUT2D eigenvalue weighted by Crippen LogP contribution is -2.21. The third kappa shape index (κ3) is 3.33. The number of halogens is 1. The van der Waals surface area contributed by atoms with Crippen molar-refractivity contribution in [2.45, 2.75) is 19.9 Å². The standard InChI is InChI=1S/C21H17FN4O/c1-2-17-9-15(5-8-24-17)14-3-4-16(18(22)10-14)13-26-20-11-23-7-6-19(20)25-12-21(26)27/h3-12H,2,13H2,1H3. The third-order valence-electron chi connectivity index (χ3n) is 4.54. The fourth-order valence-corrected chi connectivity index (χ4v) is 3.05. The van der Waals surface area contributed by atoms with Crippen LogP contribution in [0.15, 0.2) is 66.0 Å². The summed E-state index contributed by atoms with van der Waals surface area (Å²) in [7, 11) is 0. The van der Waals surface area contributed by atoms with Crippen LogP contribution in [0.25, 0.3) is 22.2 Å². The first-order chi connectivity index (χ1) is 13.2. The Morgan fingerprint density at radius 3 is 2.67 bits per heavy atom. The molecule has 0 aliphatic carbocycles. The lowest BCUT2D eigenvalue weighted by atomic mass is 10.0. The molecule has 3 heterocycles. The SMILES string of the molecule is CCc1cc(-c2ccc(Cn3c(=O)cnc4ccncc43)c(F)c2)ccn1. The van der Waals surface area contributed by atoms with Crippen molar-refractivity contribution in [1.82, 2.24) is 19.5 Å². The van der Waals surface area contributed by atoms with E-state index in [1.807, 2.05) is 25.1 Å². The maximum absolute atomic E-state index is 14.8. The quantitative estimate of drug-likeness (QED) is 0.558. The van der Waals surface area contributed by atoms with E-state index in [4.69, 9.17) is 0 Å². The van der Waals surface area contributed by atoms with Gasteiger partial charge in [0.05, 0.1) is 30.0 Å². The molecule has 0 unspecified atom stereocenters. The number of benzene rings is 1. The number of hydrogen-bond donors (Lipinski definition) is 0. The lowest BCUT2D eigenvalue weighted by molar-refractivity contribution is 0.599. The Labute approximate surface area is 155 Å². The molecule has 134 valence electrons. The van der Waals surface area contributed by atoms with Crippen molar-refractivity contribution in [2.24, 2.45) is 0 Å². The zero-order chi connectivity index (χ0) is 18.8. The maximum Gasteiger partial charge on any atom is 0.269 e. The molecular weight excluding hydrogens is 343 g/mol. The van der Waals surface area contributed by atoms with Crippen LogP contribution in [0.5, 0.6) is 0 Å². The van der Waals surface area contributed by atoms with Gasteiger partial charge >= 0.3 is 0 Å². The fraction of sp³-hybridized carbons (Fsp3) is 0.143. The minimum absolute atomic E-state index is 0.117. The third-order valence-corrected chi connectivity index (χ3v) is 4.54. The molecule has 5 nitrogen and oxygen atoms in total. The van der Waals surface area contributed by atoms with Gasteiger partial charge in [-0.15, -0.1) is 0 Å². The van der Waals surface area contributed by atoms with E-state index in [0.29, 0.717) is 16.6 Å². The Hall–Kier alpha value is -3.41. The second-order valence-corrected chi connectivity index (χ2v) is 6.24. The summed E-state index contributed by atoms with van der Waals surface area (Å²) in [4.78, 5) is 24.7. The minimum Gasteiger partial charge on any atom is -0.299 e. The zero-order valence-corrected chi connectivity index (χ0v) is 14.8. The molecule has 0 saturated heterocycles. The van der Waals surface area contributed by atoms with Crippen molar-refractivity contribution in [1.29, 1.82) is 0 Å². The number of aromatic nitrogens is 4. The Morgan fingerprint density at radius 2 is 1.85 bits per heavy atom. The van der Waals surface area contributed by atoms with E-state index in [1.54, 1.807) is 30.7 Å². The van der Waals surface area contributed by atoms with E-state index in [1.165, 1.54) is 16.8 Å². The van der Waals surface area contributed by atoms with Crippen LogP contribution >= 0.6 is 0 Å². The largest absolute Gasteiger partial charge is 0.299 e. The maximum atomic E-state index is 14.8. The van der Waals surface area contributed by atoms with Crippen molar-refractivity contribution in [3.63, 3.8) is 0 Å². The molecule has 0 spiro atoms. The summed E-state index contributed by atoms with van der Waals surface area (Å²) in [6.45, 7) is 2.15. The molecule has 1 aromatic carbocycles. The van der Waals surface area contributed by atoms with E-state index in [-0.39, 0.29) is 17.9 Å². The molecule has 0 saturated carbocycles. The van der Waals surface area contributed by atoms with Crippen LogP contribution in [-0.4, -0.2) is 19.5 Å². The number of pyridine rings is 2. The minimum atomic E-state index is -0.358. The van der Waals surface area contributed by atoms with Gasteiger partial charge in [0, 0.05) is 23.7 Å². The lowest BCUT2D eigenvalue weighted by Gasteiger charge is -2.11. The Kier molecular flexibility index (Phi) is 4.46. The molecule has 0 N–H and O–H groups in total. The first-order valence-corrected chi connectivity index (χ1v) is 8.69. The normalized spacial score (nSPS) is 11.0. The second-order valence-electron chi connectivity index (χ2n) is 6.24. The van der Waals surface area contributed by atoms with E-state index < -0.39 is 0 Å². The van der Waals surface area contributed by atoms with E-state index in [9.17, 15) is 9.18 Å². The highest BCUT2D eigenvalue weighted by Gasteiger charge is 2.10. The van der Waals surface area contributed by atoms with Crippen molar-refractivity contribution in [3.8, 4) is 11.1 Å². The van der Waals surface area contributed by atoms with E-state index >= 15 is 0 Å². The molecule has 0 aliphatic rings. The smallest absolute Gasteiger partial charge is 0.269 e. The molecule has 0 atom stereocenters. The van der Waals surface area contributed by atoms with E-state index in [0.717, 1.165) is 23.2 Å². The molecule has 4 rings (SSSR count).